The topological polar surface area (TPSA) is 49.9 Å². The number of carbonyl (C=O) groups is 2. The molecule has 0 radical (unpaired) electrons. The molecule has 1 aliphatic rings. The highest BCUT2D eigenvalue weighted by molar-refractivity contribution is 6.30. The maximum atomic E-state index is 14.4. The van der Waals surface area contributed by atoms with Gasteiger partial charge in [-0.15, -0.1) is 0 Å². The van der Waals surface area contributed by atoms with Gasteiger partial charge in [0.05, 0.1) is 12.2 Å². The second kappa shape index (κ2) is 11.6. The maximum Gasteiger partial charge on any atom is 0.256 e. The first kappa shape index (κ1) is 25.7. The van der Waals surface area contributed by atoms with E-state index in [2.05, 4.69) is 0 Å². The number of hydrogen-bond donors (Lipinski definition) is 0. The molecule has 5 nitrogen and oxygen atoms in total. The second-order valence-corrected chi connectivity index (χ2v) is 9.90. The minimum Gasteiger partial charge on any atom is -0.493 e. The molecule has 2 amide bonds. The Bertz CT molecular complexity index is 1190. The van der Waals surface area contributed by atoms with Crippen LogP contribution in [0.5, 0.6) is 5.75 Å². The molecule has 0 N–H and O–H groups in total. The second-order valence-electron chi connectivity index (χ2n) is 9.46. The fourth-order valence-corrected chi connectivity index (χ4v) is 4.79. The van der Waals surface area contributed by atoms with Crippen molar-refractivity contribution in [1.29, 1.82) is 0 Å². The Morgan fingerprint density at radius 2 is 1.72 bits per heavy atom. The van der Waals surface area contributed by atoms with Crippen LogP contribution in [0.4, 0.5) is 4.39 Å². The number of piperidine rings is 1. The molecule has 1 heterocycles. The summed E-state index contributed by atoms with van der Waals surface area (Å²) in [5.74, 6) is -0.302. The average molecular weight is 509 g/mol. The standard InChI is InChI=1S/C29H30ClFN2O3/c1-32(19-22-8-3-2-4-9-22)27(34)18-29(21-36-24-14-12-23(30)13-15-24)16-7-17-33(20-29)28(35)25-10-5-6-11-26(25)31/h2-6,8-15H,7,16-21H2,1H3. The molecule has 0 aliphatic carbocycles. The highest BCUT2D eigenvalue weighted by atomic mass is 35.5. The lowest BCUT2D eigenvalue weighted by Crippen LogP contribution is -2.50. The van der Waals surface area contributed by atoms with E-state index in [4.69, 9.17) is 16.3 Å². The molecule has 4 rings (SSSR count). The van der Waals surface area contributed by atoms with Crippen molar-refractivity contribution in [2.24, 2.45) is 5.41 Å². The Labute approximate surface area is 216 Å². The summed E-state index contributed by atoms with van der Waals surface area (Å²) < 4.78 is 20.5. The summed E-state index contributed by atoms with van der Waals surface area (Å²) >= 11 is 6.00. The van der Waals surface area contributed by atoms with Crippen LogP contribution in [0.25, 0.3) is 0 Å². The highest BCUT2D eigenvalue weighted by Crippen LogP contribution is 2.36. The van der Waals surface area contributed by atoms with Crippen LogP contribution in [-0.2, 0) is 11.3 Å². The summed E-state index contributed by atoms with van der Waals surface area (Å²) in [4.78, 5) is 29.9. The van der Waals surface area contributed by atoms with E-state index in [-0.39, 0.29) is 30.4 Å². The summed E-state index contributed by atoms with van der Waals surface area (Å²) in [5, 5.41) is 0.606. The van der Waals surface area contributed by atoms with Crippen LogP contribution in [0.15, 0.2) is 78.9 Å². The minimum absolute atomic E-state index is 0.0289. The fourth-order valence-electron chi connectivity index (χ4n) is 4.67. The molecule has 1 saturated heterocycles. The minimum atomic E-state index is -0.610. The SMILES string of the molecule is CN(Cc1ccccc1)C(=O)CC1(COc2ccc(Cl)cc2)CCCN(C(=O)c2ccccc2F)C1. The first-order valence-corrected chi connectivity index (χ1v) is 12.4. The van der Waals surface area contributed by atoms with Crippen molar-refractivity contribution in [3.8, 4) is 5.75 Å². The molecule has 0 saturated carbocycles. The van der Waals surface area contributed by atoms with Crippen LogP contribution in [-0.4, -0.2) is 48.4 Å². The molecule has 1 aliphatic heterocycles. The van der Waals surface area contributed by atoms with Crippen LogP contribution in [0.3, 0.4) is 0 Å². The lowest BCUT2D eigenvalue weighted by molar-refractivity contribution is -0.134. The van der Waals surface area contributed by atoms with E-state index in [1.165, 1.54) is 12.1 Å². The van der Waals surface area contributed by atoms with Crippen LogP contribution in [0.1, 0.15) is 35.2 Å². The van der Waals surface area contributed by atoms with Crippen LogP contribution >= 0.6 is 11.6 Å². The molecule has 1 unspecified atom stereocenters. The van der Waals surface area contributed by atoms with Crippen LogP contribution in [0.2, 0.25) is 5.02 Å². The zero-order valence-electron chi connectivity index (χ0n) is 20.3. The van der Waals surface area contributed by atoms with Gasteiger partial charge in [-0.3, -0.25) is 9.59 Å². The number of likely N-dealkylation sites (tertiary alicyclic amines) is 1. The van der Waals surface area contributed by atoms with E-state index >= 15 is 0 Å². The van der Waals surface area contributed by atoms with Crippen molar-refractivity contribution in [1.82, 2.24) is 9.80 Å². The average Bonchev–Trinajstić information content (AvgIpc) is 2.89. The van der Waals surface area contributed by atoms with Gasteiger partial charge in [-0.1, -0.05) is 54.1 Å². The third-order valence-corrected chi connectivity index (χ3v) is 6.88. The van der Waals surface area contributed by atoms with Gasteiger partial charge >= 0.3 is 0 Å². The van der Waals surface area contributed by atoms with Gasteiger partial charge in [0.25, 0.3) is 5.91 Å². The van der Waals surface area contributed by atoms with Gasteiger partial charge in [0.15, 0.2) is 0 Å². The van der Waals surface area contributed by atoms with Crippen molar-refractivity contribution in [3.05, 3.63) is 101 Å². The predicted octanol–water partition coefficient (Wildman–Crippen LogP) is 5.83. The molecule has 3 aromatic carbocycles. The number of benzene rings is 3. The molecule has 36 heavy (non-hydrogen) atoms. The molecule has 0 aromatic heterocycles. The monoisotopic (exact) mass is 508 g/mol. The van der Waals surface area contributed by atoms with Gasteiger partial charge in [0.2, 0.25) is 5.91 Å². The molecule has 7 heteroatoms. The van der Waals surface area contributed by atoms with Crippen LogP contribution < -0.4 is 4.74 Å². The molecular weight excluding hydrogens is 479 g/mol. The van der Waals surface area contributed by atoms with Crippen molar-refractivity contribution >= 4 is 23.4 Å². The van der Waals surface area contributed by atoms with Crippen LogP contribution in [0, 0.1) is 11.2 Å². The summed E-state index contributed by atoms with van der Waals surface area (Å²) in [5.41, 5.74) is 0.472. The van der Waals surface area contributed by atoms with Gasteiger partial charge < -0.3 is 14.5 Å². The highest BCUT2D eigenvalue weighted by Gasteiger charge is 2.41. The molecule has 1 fully saturated rings. The van der Waals surface area contributed by atoms with E-state index in [1.807, 2.05) is 30.3 Å². The summed E-state index contributed by atoms with van der Waals surface area (Å²) in [6, 6.07) is 22.9. The normalized spacial score (nSPS) is 17.5. The van der Waals surface area contributed by atoms with Gasteiger partial charge in [0, 0.05) is 43.5 Å². The Hall–Kier alpha value is -3.38. The van der Waals surface area contributed by atoms with E-state index in [9.17, 15) is 14.0 Å². The first-order valence-electron chi connectivity index (χ1n) is 12.1. The van der Waals surface area contributed by atoms with Gasteiger partial charge in [-0.2, -0.15) is 0 Å². The Balaban J connectivity index is 1.53. The van der Waals surface area contributed by atoms with Crippen molar-refractivity contribution in [2.45, 2.75) is 25.8 Å². The fraction of sp³-hybridized carbons (Fsp3) is 0.310. The van der Waals surface area contributed by atoms with E-state index in [1.54, 1.807) is 53.2 Å². The number of amides is 2. The molecule has 1 atom stereocenters. The quantitative estimate of drug-likeness (QED) is 0.384. The van der Waals surface area contributed by atoms with E-state index in [0.717, 1.165) is 5.56 Å². The lowest BCUT2D eigenvalue weighted by Gasteiger charge is -2.43. The maximum absolute atomic E-state index is 14.4. The zero-order valence-corrected chi connectivity index (χ0v) is 21.1. The summed E-state index contributed by atoms with van der Waals surface area (Å²) in [6.45, 7) is 1.55. The van der Waals surface area contributed by atoms with Gasteiger partial charge in [-0.25, -0.2) is 4.39 Å². The van der Waals surface area contributed by atoms with E-state index in [0.29, 0.717) is 43.2 Å². The first-order chi connectivity index (χ1) is 17.3. The number of hydrogen-bond acceptors (Lipinski definition) is 3. The molecule has 188 valence electrons. The summed E-state index contributed by atoms with van der Waals surface area (Å²) in [6.07, 6.45) is 1.62. The van der Waals surface area contributed by atoms with E-state index < -0.39 is 11.2 Å². The number of rotatable bonds is 8. The third kappa shape index (κ3) is 6.43. The predicted molar refractivity (Wildman–Crippen MR) is 138 cm³/mol. The lowest BCUT2D eigenvalue weighted by atomic mass is 9.77. The number of carbonyl (C=O) groups excluding carboxylic acids is 2. The Morgan fingerprint density at radius 1 is 1.03 bits per heavy atom. The Morgan fingerprint density at radius 3 is 2.44 bits per heavy atom. The smallest absolute Gasteiger partial charge is 0.256 e. The summed E-state index contributed by atoms with van der Waals surface area (Å²) in [7, 11) is 1.79. The van der Waals surface area contributed by atoms with Crippen molar-refractivity contribution in [2.75, 3.05) is 26.7 Å². The van der Waals surface area contributed by atoms with Gasteiger partial charge in [0.1, 0.15) is 11.6 Å². The molecule has 3 aromatic rings. The molecule has 0 bridgehead atoms. The third-order valence-electron chi connectivity index (χ3n) is 6.63. The largest absolute Gasteiger partial charge is 0.493 e. The number of ether oxygens (including phenoxy) is 1. The zero-order chi connectivity index (χ0) is 25.5. The molecule has 0 spiro atoms. The van der Waals surface area contributed by atoms with Crippen molar-refractivity contribution in [3.63, 3.8) is 0 Å². The van der Waals surface area contributed by atoms with Crippen molar-refractivity contribution < 1.29 is 18.7 Å². The number of halogens is 2. The Kier molecular flexibility index (Phi) is 8.26. The number of nitrogens with zero attached hydrogens (tertiary/aromatic N) is 2. The molecular formula is C29H30ClFN2O3. The van der Waals surface area contributed by atoms with Gasteiger partial charge in [-0.05, 0) is 54.8 Å².